The molecular weight excluding hydrogens is 324 g/mol. The van der Waals surface area contributed by atoms with Gasteiger partial charge in [0.2, 0.25) is 0 Å². The Hall–Kier alpha value is -1.90. The quantitative estimate of drug-likeness (QED) is 0.668. The topological polar surface area (TPSA) is 95.5 Å². The molecule has 0 saturated heterocycles. The van der Waals surface area contributed by atoms with Gasteiger partial charge in [-0.15, -0.1) is 11.3 Å². The summed E-state index contributed by atoms with van der Waals surface area (Å²) in [4.78, 5) is 11.9. The molecule has 0 fully saturated rings. The molecular formula is C14H16N2O4S2. The third-order valence-corrected chi connectivity index (χ3v) is 5.54. The lowest BCUT2D eigenvalue weighted by Crippen LogP contribution is -2.25. The molecule has 0 bridgehead atoms. The number of benzene rings is 1. The molecule has 0 spiro atoms. The fourth-order valence-electron chi connectivity index (χ4n) is 1.73. The number of aliphatic hydroxyl groups is 1. The lowest BCUT2D eigenvalue weighted by molar-refractivity contribution is 0.0951. The molecule has 1 amide bonds. The number of rotatable bonds is 7. The number of nitrogens with one attached hydrogen (secondary N) is 2. The minimum Gasteiger partial charge on any atom is -0.396 e. The number of carbonyl (C=O) groups is 1. The molecule has 1 aromatic heterocycles. The van der Waals surface area contributed by atoms with Crippen LogP contribution in [0, 0.1) is 0 Å². The van der Waals surface area contributed by atoms with Crippen LogP contribution < -0.4 is 10.0 Å². The average molecular weight is 340 g/mol. The summed E-state index contributed by atoms with van der Waals surface area (Å²) >= 11 is 1.12. The molecule has 1 heterocycles. The number of aliphatic hydroxyl groups excluding tert-OH is 1. The van der Waals surface area contributed by atoms with Crippen molar-refractivity contribution in [2.75, 3.05) is 17.9 Å². The van der Waals surface area contributed by atoms with Gasteiger partial charge in [0.25, 0.3) is 15.9 Å². The van der Waals surface area contributed by atoms with E-state index in [1.54, 1.807) is 29.6 Å². The molecule has 118 valence electrons. The van der Waals surface area contributed by atoms with E-state index in [-0.39, 0.29) is 16.7 Å². The molecule has 8 heteroatoms. The van der Waals surface area contributed by atoms with Crippen LogP contribution in [-0.2, 0) is 10.0 Å². The Bertz CT molecular complexity index is 727. The molecule has 2 aromatic rings. The van der Waals surface area contributed by atoms with Gasteiger partial charge >= 0.3 is 0 Å². The second-order valence-electron chi connectivity index (χ2n) is 4.45. The molecule has 22 heavy (non-hydrogen) atoms. The Balaban J connectivity index is 2.10. The van der Waals surface area contributed by atoms with Crippen molar-refractivity contribution in [3.8, 4) is 0 Å². The van der Waals surface area contributed by atoms with Gasteiger partial charge in [-0.05, 0) is 36.1 Å². The number of thiophene rings is 1. The minimum absolute atomic E-state index is 0.000925. The van der Waals surface area contributed by atoms with Crippen LogP contribution in [0.15, 0.2) is 46.0 Å². The Kier molecular flexibility index (Phi) is 5.53. The van der Waals surface area contributed by atoms with E-state index in [0.29, 0.717) is 24.2 Å². The van der Waals surface area contributed by atoms with Gasteiger partial charge < -0.3 is 10.4 Å². The monoisotopic (exact) mass is 340 g/mol. The van der Waals surface area contributed by atoms with Crippen molar-refractivity contribution in [2.24, 2.45) is 0 Å². The third kappa shape index (κ3) is 4.30. The van der Waals surface area contributed by atoms with Crippen LogP contribution in [-0.4, -0.2) is 32.6 Å². The van der Waals surface area contributed by atoms with Crippen molar-refractivity contribution in [2.45, 2.75) is 10.6 Å². The summed E-state index contributed by atoms with van der Waals surface area (Å²) in [5.74, 6) is -0.314. The normalized spacial score (nSPS) is 11.1. The highest BCUT2D eigenvalue weighted by atomic mass is 32.2. The van der Waals surface area contributed by atoms with E-state index in [2.05, 4.69) is 10.0 Å². The summed E-state index contributed by atoms with van der Waals surface area (Å²) in [6.07, 6.45) is 0.469. The number of anilines is 1. The van der Waals surface area contributed by atoms with Gasteiger partial charge in [0.1, 0.15) is 4.21 Å². The first-order chi connectivity index (χ1) is 10.5. The first kappa shape index (κ1) is 16.5. The maximum atomic E-state index is 12.1. The predicted octanol–water partition coefficient (Wildman–Crippen LogP) is 1.66. The Morgan fingerprint density at radius 1 is 1.23 bits per heavy atom. The maximum Gasteiger partial charge on any atom is 0.271 e. The van der Waals surface area contributed by atoms with Gasteiger partial charge in [0, 0.05) is 24.4 Å². The van der Waals surface area contributed by atoms with Crippen molar-refractivity contribution < 1.29 is 18.3 Å². The number of amides is 1. The van der Waals surface area contributed by atoms with Gasteiger partial charge in [0.15, 0.2) is 0 Å². The van der Waals surface area contributed by atoms with Gasteiger partial charge in [-0.2, -0.15) is 0 Å². The summed E-state index contributed by atoms with van der Waals surface area (Å²) in [5.41, 5.74) is 0.674. The zero-order valence-electron chi connectivity index (χ0n) is 11.7. The zero-order chi connectivity index (χ0) is 16.0. The van der Waals surface area contributed by atoms with E-state index in [4.69, 9.17) is 5.11 Å². The SMILES string of the molecule is O=C(NCCCO)c1cccc(NS(=O)(=O)c2cccs2)c1. The molecule has 0 atom stereocenters. The summed E-state index contributed by atoms with van der Waals surface area (Å²) in [7, 11) is -3.63. The second kappa shape index (κ2) is 7.39. The maximum absolute atomic E-state index is 12.1. The van der Waals surface area contributed by atoms with Crippen LogP contribution in [0.4, 0.5) is 5.69 Å². The predicted molar refractivity (Wildman–Crippen MR) is 85.6 cm³/mol. The Morgan fingerprint density at radius 2 is 2.05 bits per heavy atom. The first-order valence-corrected chi connectivity index (χ1v) is 8.94. The highest BCUT2D eigenvalue weighted by Crippen LogP contribution is 2.20. The van der Waals surface area contributed by atoms with Crippen LogP contribution in [0.3, 0.4) is 0 Å². The van der Waals surface area contributed by atoms with Gasteiger partial charge in [-0.3, -0.25) is 9.52 Å². The molecule has 2 rings (SSSR count). The fourth-order valence-corrected chi connectivity index (χ4v) is 3.77. The molecule has 1 aromatic carbocycles. The molecule has 0 aliphatic rings. The average Bonchev–Trinajstić information content (AvgIpc) is 3.02. The van der Waals surface area contributed by atoms with Gasteiger partial charge in [-0.1, -0.05) is 12.1 Å². The zero-order valence-corrected chi connectivity index (χ0v) is 13.3. The molecule has 0 aliphatic carbocycles. The number of sulfonamides is 1. The lowest BCUT2D eigenvalue weighted by Gasteiger charge is -2.08. The van der Waals surface area contributed by atoms with E-state index in [9.17, 15) is 13.2 Å². The number of carbonyl (C=O) groups excluding carboxylic acids is 1. The van der Waals surface area contributed by atoms with Gasteiger partial charge in [0.05, 0.1) is 0 Å². The standard InChI is InChI=1S/C14H16N2O4S2/c17-8-3-7-15-14(18)11-4-1-5-12(10-11)16-22(19,20)13-6-2-9-21-13/h1-2,4-6,9-10,16-17H,3,7-8H2,(H,15,18). The van der Waals surface area contributed by atoms with E-state index >= 15 is 0 Å². The Labute approximate surface area is 132 Å². The molecule has 0 aliphatic heterocycles. The van der Waals surface area contributed by atoms with Crippen LogP contribution in [0.5, 0.6) is 0 Å². The third-order valence-electron chi connectivity index (χ3n) is 2.76. The van der Waals surface area contributed by atoms with E-state index in [0.717, 1.165) is 11.3 Å². The second-order valence-corrected chi connectivity index (χ2v) is 7.31. The minimum atomic E-state index is -3.63. The molecule has 6 nitrogen and oxygen atoms in total. The van der Waals surface area contributed by atoms with Crippen molar-refractivity contribution in [3.05, 3.63) is 47.3 Å². The molecule has 0 unspecified atom stereocenters. The van der Waals surface area contributed by atoms with Crippen molar-refractivity contribution in [3.63, 3.8) is 0 Å². The Morgan fingerprint density at radius 3 is 2.73 bits per heavy atom. The van der Waals surface area contributed by atoms with E-state index in [1.807, 2.05) is 0 Å². The van der Waals surface area contributed by atoms with Crippen LogP contribution in [0.2, 0.25) is 0 Å². The van der Waals surface area contributed by atoms with Crippen LogP contribution in [0.25, 0.3) is 0 Å². The number of hydrogen-bond donors (Lipinski definition) is 3. The highest BCUT2D eigenvalue weighted by Gasteiger charge is 2.15. The van der Waals surface area contributed by atoms with Gasteiger partial charge in [-0.25, -0.2) is 8.42 Å². The lowest BCUT2D eigenvalue weighted by atomic mass is 10.2. The largest absolute Gasteiger partial charge is 0.396 e. The molecule has 0 radical (unpaired) electrons. The van der Waals surface area contributed by atoms with E-state index in [1.165, 1.54) is 12.1 Å². The van der Waals surface area contributed by atoms with E-state index < -0.39 is 10.0 Å². The highest BCUT2D eigenvalue weighted by molar-refractivity contribution is 7.94. The fraction of sp³-hybridized carbons (Fsp3) is 0.214. The van der Waals surface area contributed by atoms with Crippen LogP contribution >= 0.6 is 11.3 Å². The van der Waals surface area contributed by atoms with Crippen LogP contribution in [0.1, 0.15) is 16.8 Å². The smallest absolute Gasteiger partial charge is 0.271 e. The summed E-state index contributed by atoms with van der Waals surface area (Å²) < 4.78 is 26.9. The first-order valence-electron chi connectivity index (χ1n) is 6.58. The summed E-state index contributed by atoms with van der Waals surface area (Å²) in [6, 6.07) is 9.42. The van der Waals surface area contributed by atoms with Crippen molar-refractivity contribution in [1.29, 1.82) is 0 Å². The number of hydrogen-bond acceptors (Lipinski definition) is 5. The molecule has 3 N–H and O–H groups in total. The summed E-state index contributed by atoms with van der Waals surface area (Å²) in [6.45, 7) is 0.363. The van der Waals surface area contributed by atoms with Crippen molar-refractivity contribution in [1.82, 2.24) is 5.32 Å². The van der Waals surface area contributed by atoms with Crippen molar-refractivity contribution >= 4 is 33.0 Å². The summed E-state index contributed by atoms with van der Waals surface area (Å²) in [5, 5.41) is 13.0. The molecule has 0 saturated carbocycles.